The first kappa shape index (κ1) is 18.2. The molecule has 0 bridgehead atoms. The van der Waals surface area contributed by atoms with Gasteiger partial charge in [0.15, 0.2) is 0 Å². The first-order chi connectivity index (χ1) is 12.0. The summed E-state index contributed by atoms with van der Waals surface area (Å²) < 4.78 is 6.98. The normalized spacial score (nSPS) is 13.9. The Kier molecular flexibility index (Phi) is 5.95. The summed E-state index contributed by atoms with van der Waals surface area (Å²) in [6.45, 7) is 1.20. The van der Waals surface area contributed by atoms with Crippen LogP contribution < -0.4 is 5.32 Å². The number of likely N-dealkylation sites (tertiary alicyclic amines) is 1. The molecule has 1 fully saturated rings. The number of nitrogens with zero attached hydrogens (tertiary/aromatic N) is 1. The molecule has 0 aliphatic carbocycles. The van der Waals surface area contributed by atoms with E-state index in [1.54, 1.807) is 11.0 Å². The van der Waals surface area contributed by atoms with E-state index < -0.39 is 6.09 Å². The zero-order valence-electron chi connectivity index (χ0n) is 13.2. The van der Waals surface area contributed by atoms with Gasteiger partial charge in [0.2, 0.25) is 0 Å². The molecule has 2 aromatic carbocycles. The zero-order chi connectivity index (χ0) is 17.8. The minimum Gasteiger partial charge on any atom is -0.445 e. The van der Waals surface area contributed by atoms with E-state index >= 15 is 0 Å². The summed E-state index contributed by atoms with van der Waals surface area (Å²) in [6, 6.07) is 15.0. The van der Waals surface area contributed by atoms with Gasteiger partial charge in [-0.05, 0) is 56.2 Å². The van der Waals surface area contributed by atoms with Gasteiger partial charge >= 0.3 is 6.09 Å². The Hall–Kier alpha value is -1.61. The SMILES string of the molecule is O=C(NC1CN(C(=O)c2cccc(I)c2Br)C1)OCc1ccccc1. The zero-order valence-corrected chi connectivity index (χ0v) is 17.0. The van der Waals surface area contributed by atoms with Crippen LogP contribution in [-0.2, 0) is 11.3 Å². The number of carbonyl (C=O) groups is 2. The molecule has 130 valence electrons. The first-order valence-corrected chi connectivity index (χ1v) is 9.62. The number of hydrogen-bond acceptors (Lipinski definition) is 3. The Bertz CT molecular complexity index is 779. The van der Waals surface area contributed by atoms with Crippen LogP contribution >= 0.6 is 38.5 Å². The Balaban J connectivity index is 1.45. The van der Waals surface area contributed by atoms with Crippen molar-refractivity contribution in [1.82, 2.24) is 10.2 Å². The van der Waals surface area contributed by atoms with Crippen molar-refractivity contribution in [1.29, 1.82) is 0 Å². The monoisotopic (exact) mass is 514 g/mol. The number of benzene rings is 2. The van der Waals surface area contributed by atoms with E-state index in [0.29, 0.717) is 18.7 Å². The number of amides is 2. The van der Waals surface area contributed by atoms with Crippen molar-refractivity contribution in [2.45, 2.75) is 12.6 Å². The summed E-state index contributed by atoms with van der Waals surface area (Å²) in [4.78, 5) is 26.0. The van der Waals surface area contributed by atoms with Gasteiger partial charge in [0.25, 0.3) is 5.91 Å². The highest BCUT2D eigenvalue weighted by molar-refractivity contribution is 14.1. The number of rotatable bonds is 4. The van der Waals surface area contributed by atoms with Crippen LogP contribution in [0.25, 0.3) is 0 Å². The molecule has 0 saturated carbocycles. The van der Waals surface area contributed by atoms with Gasteiger partial charge in [-0.1, -0.05) is 36.4 Å². The van der Waals surface area contributed by atoms with Gasteiger partial charge in [-0.15, -0.1) is 0 Å². The van der Waals surface area contributed by atoms with Crippen LogP contribution in [-0.4, -0.2) is 36.0 Å². The van der Waals surface area contributed by atoms with Crippen molar-refractivity contribution < 1.29 is 14.3 Å². The van der Waals surface area contributed by atoms with E-state index in [-0.39, 0.29) is 18.6 Å². The molecule has 0 aromatic heterocycles. The Labute approximate surface area is 168 Å². The van der Waals surface area contributed by atoms with Gasteiger partial charge < -0.3 is 15.0 Å². The van der Waals surface area contributed by atoms with Crippen molar-refractivity contribution in [3.63, 3.8) is 0 Å². The smallest absolute Gasteiger partial charge is 0.407 e. The van der Waals surface area contributed by atoms with Crippen LogP contribution in [0.2, 0.25) is 0 Å². The number of carbonyl (C=O) groups excluding carboxylic acids is 2. The summed E-state index contributed by atoms with van der Waals surface area (Å²) in [5.41, 5.74) is 1.57. The van der Waals surface area contributed by atoms with Gasteiger partial charge in [-0.3, -0.25) is 4.79 Å². The number of nitrogens with one attached hydrogen (secondary N) is 1. The number of ether oxygens (including phenoxy) is 1. The second-order valence-electron chi connectivity index (χ2n) is 5.71. The lowest BCUT2D eigenvalue weighted by molar-refractivity contribution is 0.0544. The number of halogens is 2. The van der Waals surface area contributed by atoms with Crippen molar-refractivity contribution >= 4 is 50.5 Å². The molecule has 5 nitrogen and oxygen atoms in total. The Morgan fingerprint density at radius 1 is 1.16 bits per heavy atom. The maximum absolute atomic E-state index is 12.5. The van der Waals surface area contributed by atoms with E-state index in [9.17, 15) is 9.59 Å². The van der Waals surface area contributed by atoms with E-state index in [2.05, 4.69) is 43.8 Å². The second-order valence-corrected chi connectivity index (χ2v) is 7.67. The van der Waals surface area contributed by atoms with Crippen LogP contribution in [0, 0.1) is 3.57 Å². The molecule has 1 heterocycles. The molecule has 7 heteroatoms. The molecule has 0 unspecified atom stereocenters. The molecule has 1 N–H and O–H groups in total. The van der Waals surface area contributed by atoms with Crippen LogP contribution in [0.3, 0.4) is 0 Å². The molecule has 2 amide bonds. The van der Waals surface area contributed by atoms with E-state index in [1.807, 2.05) is 42.5 Å². The van der Waals surface area contributed by atoms with Crippen LogP contribution in [0.15, 0.2) is 53.0 Å². The van der Waals surface area contributed by atoms with Gasteiger partial charge in [0.1, 0.15) is 6.61 Å². The lowest BCUT2D eigenvalue weighted by Crippen LogP contribution is -2.61. The fraction of sp³-hybridized carbons (Fsp3) is 0.222. The lowest BCUT2D eigenvalue weighted by Gasteiger charge is -2.39. The van der Waals surface area contributed by atoms with E-state index in [0.717, 1.165) is 13.6 Å². The molecule has 1 aliphatic heterocycles. The molecule has 0 atom stereocenters. The Morgan fingerprint density at radius 2 is 1.88 bits per heavy atom. The maximum Gasteiger partial charge on any atom is 0.407 e. The Morgan fingerprint density at radius 3 is 2.60 bits per heavy atom. The summed E-state index contributed by atoms with van der Waals surface area (Å²) in [6.07, 6.45) is -0.462. The molecule has 2 aromatic rings. The molecule has 25 heavy (non-hydrogen) atoms. The van der Waals surface area contributed by atoms with Crippen LogP contribution in [0.1, 0.15) is 15.9 Å². The predicted molar refractivity (Wildman–Crippen MR) is 106 cm³/mol. The van der Waals surface area contributed by atoms with Crippen molar-refractivity contribution in [3.8, 4) is 0 Å². The molecule has 0 spiro atoms. The molecule has 1 aliphatic rings. The second kappa shape index (κ2) is 8.18. The van der Waals surface area contributed by atoms with Crippen LogP contribution in [0.5, 0.6) is 0 Å². The number of hydrogen-bond donors (Lipinski definition) is 1. The standard InChI is InChI=1S/C18H16BrIN2O3/c19-16-14(7-4-8-15(16)20)17(23)22-9-13(10-22)21-18(24)25-11-12-5-2-1-3-6-12/h1-8,13H,9-11H2,(H,21,24). The highest BCUT2D eigenvalue weighted by Gasteiger charge is 2.33. The third-order valence-electron chi connectivity index (χ3n) is 3.89. The van der Waals surface area contributed by atoms with Gasteiger partial charge in [0, 0.05) is 21.1 Å². The summed E-state index contributed by atoms with van der Waals surface area (Å²) in [5, 5.41) is 2.78. The summed E-state index contributed by atoms with van der Waals surface area (Å²) in [5.74, 6) is -0.0407. The van der Waals surface area contributed by atoms with Crippen molar-refractivity contribution in [2.75, 3.05) is 13.1 Å². The third kappa shape index (κ3) is 4.52. The fourth-order valence-electron chi connectivity index (χ4n) is 2.51. The first-order valence-electron chi connectivity index (χ1n) is 7.75. The van der Waals surface area contributed by atoms with Crippen molar-refractivity contribution in [2.24, 2.45) is 0 Å². The number of alkyl carbamates (subject to hydrolysis) is 1. The molecule has 3 rings (SSSR count). The highest BCUT2D eigenvalue weighted by atomic mass is 127. The van der Waals surface area contributed by atoms with Gasteiger partial charge in [-0.25, -0.2) is 4.79 Å². The highest BCUT2D eigenvalue weighted by Crippen LogP contribution is 2.25. The van der Waals surface area contributed by atoms with Gasteiger partial charge in [-0.2, -0.15) is 0 Å². The maximum atomic E-state index is 12.5. The summed E-state index contributed by atoms with van der Waals surface area (Å²) >= 11 is 5.64. The van der Waals surface area contributed by atoms with Crippen LogP contribution in [0.4, 0.5) is 4.79 Å². The quantitative estimate of drug-likeness (QED) is 0.631. The average molecular weight is 515 g/mol. The van der Waals surface area contributed by atoms with Gasteiger partial charge in [0.05, 0.1) is 11.6 Å². The predicted octanol–water partition coefficient (Wildman–Crippen LogP) is 3.80. The molecule has 1 saturated heterocycles. The molecular weight excluding hydrogens is 499 g/mol. The molecule has 0 radical (unpaired) electrons. The minimum atomic E-state index is -0.462. The minimum absolute atomic E-state index is 0.0407. The topological polar surface area (TPSA) is 58.6 Å². The lowest BCUT2D eigenvalue weighted by atomic mass is 10.1. The molecular formula is C18H16BrIN2O3. The van der Waals surface area contributed by atoms with E-state index in [4.69, 9.17) is 4.74 Å². The third-order valence-corrected chi connectivity index (χ3v) is 6.38. The van der Waals surface area contributed by atoms with E-state index in [1.165, 1.54) is 0 Å². The summed E-state index contributed by atoms with van der Waals surface area (Å²) in [7, 11) is 0. The van der Waals surface area contributed by atoms with Crippen molar-refractivity contribution in [3.05, 3.63) is 67.7 Å². The average Bonchev–Trinajstić information content (AvgIpc) is 2.58. The fourth-order valence-corrected chi connectivity index (χ4v) is 3.44. The largest absolute Gasteiger partial charge is 0.445 e.